The first-order valence-corrected chi connectivity index (χ1v) is 6.55. The maximum absolute atomic E-state index is 13.5. The minimum absolute atomic E-state index is 0.254. The van der Waals surface area contributed by atoms with E-state index in [1.165, 1.54) is 18.2 Å². The van der Waals surface area contributed by atoms with Gasteiger partial charge in [0.15, 0.2) is 12.4 Å². The number of benzene rings is 2. The third-order valence-corrected chi connectivity index (χ3v) is 2.84. The largest absolute Gasteiger partial charge is 0.483 e. The van der Waals surface area contributed by atoms with Crippen LogP contribution in [-0.4, -0.2) is 18.3 Å². The lowest BCUT2D eigenvalue weighted by atomic mass is 10.1. The summed E-state index contributed by atoms with van der Waals surface area (Å²) >= 11 is 0. The summed E-state index contributed by atoms with van der Waals surface area (Å²) in [6.45, 7) is -0.318. The van der Waals surface area contributed by atoms with E-state index in [1.807, 2.05) is 0 Å². The molecule has 2 rings (SSSR count). The number of carbonyl (C=O) groups is 2. The van der Waals surface area contributed by atoms with Gasteiger partial charge >= 0.3 is 0 Å². The molecule has 0 saturated carbocycles. The molecule has 0 bridgehead atoms. The van der Waals surface area contributed by atoms with Crippen LogP contribution >= 0.6 is 0 Å². The van der Waals surface area contributed by atoms with Crippen LogP contribution in [0.5, 0.6) is 5.75 Å². The second kappa shape index (κ2) is 7.17. The Labute approximate surface area is 127 Å². The number of hydrogen-bond acceptors (Lipinski definition) is 3. The van der Waals surface area contributed by atoms with Crippen molar-refractivity contribution in [3.8, 4) is 5.75 Å². The zero-order valence-corrected chi connectivity index (χ0v) is 11.7. The highest BCUT2D eigenvalue weighted by atomic mass is 19.1. The number of halogens is 1. The molecular weight excluding hydrogens is 285 g/mol. The van der Waals surface area contributed by atoms with Gasteiger partial charge in [-0.25, -0.2) is 4.39 Å². The SMILES string of the molecule is NC(=O)COc1ccccc1C(=O)/C=C/c1ccccc1F. The predicted octanol–water partition coefficient (Wildman–Crippen LogP) is 2.59. The number of nitrogens with two attached hydrogens (primary N) is 1. The standard InChI is InChI=1S/C17H14FNO3/c18-14-7-3-1-5-12(14)9-10-15(20)13-6-2-4-8-16(13)22-11-17(19)21/h1-10H,11H2,(H2,19,21)/b10-9+. The molecule has 2 N–H and O–H groups in total. The van der Waals surface area contributed by atoms with Crippen molar-refractivity contribution in [3.63, 3.8) is 0 Å². The first kappa shape index (κ1) is 15.4. The second-order valence-electron chi connectivity index (χ2n) is 4.47. The van der Waals surface area contributed by atoms with E-state index < -0.39 is 11.7 Å². The number of ketones is 1. The number of rotatable bonds is 6. The summed E-state index contributed by atoms with van der Waals surface area (Å²) in [5, 5.41) is 0. The molecule has 5 heteroatoms. The van der Waals surface area contributed by atoms with Crippen LogP contribution in [0.25, 0.3) is 6.08 Å². The zero-order valence-electron chi connectivity index (χ0n) is 11.7. The molecule has 0 heterocycles. The van der Waals surface area contributed by atoms with Crippen LogP contribution in [-0.2, 0) is 4.79 Å². The molecule has 2 aromatic rings. The van der Waals surface area contributed by atoms with E-state index in [0.29, 0.717) is 5.56 Å². The molecule has 22 heavy (non-hydrogen) atoms. The normalized spacial score (nSPS) is 10.6. The summed E-state index contributed by atoms with van der Waals surface area (Å²) in [4.78, 5) is 22.9. The number of ether oxygens (including phenoxy) is 1. The van der Waals surface area contributed by atoms with Gasteiger partial charge in [-0.05, 0) is 30.4 Å². The molecular formula is C17H14FNO3. The number of primary amides is 1. The van der Waals surface area contributed by atoms with Crippen molar-refractivity contribution in [3.05, 3.63) is 71.6 Å². The summed E-state index contributed by atoms with van der Waals surface area (Å²) in [7, 11) is 0. The van der Waals surface area contributed by atoms with Crippen LogP contribution in [0.4, 0.5) is 4.39 Å². The summed E-state index contributed by atoms with van der Waals surface area (Å²) in [5.41, 5.74) is 5.60. The van der Waals surface area contributed by atoms with Crippen LogP contribution in [0.3, 0.4) is 0 Å². The van der Waals surface area contributed by atoms with Gasteiger partial charge in [0.25, 0.3) is 5.91 Å². The molecule has 0 unspecified atom stereocenters. The number of para-hydroxylation sites is 1. The Kier molecular flexibility index (Phi) is 5.03. The lowest BCUT2D eigenvalue weighted by Crippen LogP contribution is -2.20. The van der Waals surface area contributed by atoms with E-state index in [0.717, 1.165) is 0 Å². The molecule has 0 fully saturated rings. The van der Waals surface area contributed by atoms with Gasteiger partial charge in [0.05, 0.1) is 5.56 Å². The monoisotopic (exact) mass is 299 g/mol. The van der Waals surface area contributed by atoms with Gasteiger partial charge in [-0.2, -0.15) is 0 Å². The number of hydrogen-bond donors (Lipinski definition) is 1. The Hall–Kier alpha value is -2.95. The highest BCUT2D eigenvalue weighted by Gasteiger charge is 2.10. The summed E-state index contributed by atoms with van der Waals surface area (Å²) in [5.74, 6) is -1.15. The van der Waals surface area contributed by atoms with Crippen LogP contribution in [0.1, 0.15) is 15.9 Å². The van der Waals surface area contributed by atoms with E-state index in [-0.39, 0.29) is 23.7 Å². The average molecular weight is 299 g/mol. The molecule has 1 amide bonds. The van der Waals surface area contributed by atoms with Gasteiger partial charge in [0, 0.05) is 5.56 Å². The minimum Gasteiger partial charge on any atom is -0.483 e. The first-order valence-electron chi connectivity index (χ1n) is 6.55. The fraction of sp³-hybridized carbons (Fsp3) is 0.0588. The zero-order chi connectivity index (χ0) is 15.9. The van der Waals surface area contributed by atoms with Gasteiger partial charge < -0.3 is 10.5 Å². The molecule has 0 aliphatic carbocycles. The number of amides is 1. The Bertz CT molecular complexity index is 725. The first-order chi connectivity index (χ1) is 10.6. The third-order valence-electron chi connectivity index (χ3n) is 2.84. The molecule has 2 aromatic carbocycles. The van der Waals surface area contributed by atoms with Gasteiger partial charge in [-0.1, -0.05) is 30.3 Å². The second-order valence-corrected chi connectivity index (χ2v) is 4.47. The van der Waals surface area contributed by atoms with Gasteiger partial charge in [-0.3, -0.25) is 9.59 Å². The molecule has 4 nitrogen and oxygen atoms in total. The van der Waals surface area contributed by atoms with Crippen molar-refractivity contribution in [2.75, 3.05) is 6.61 Å². The summed E-state index contributed by atoms with van der Waals surface area (Å²) < 4.78 is 18.7. The van der Waals surface area contributed by atoms with Crippen molar-refractivity contribution in [2.24, 2.45) is 5.73 Å². The molecule has 0 aliphatic rings. The smallest absolute Gasteiger partial charge is 0.255 e. The Balaban J connectivity index is 2.19. The van der Waals surface area contributed by atoms with Crippen LogP contribution in [0, 0.1) is 5.82 Å². The third kappa shape index (κ3) is 4.02. The molecule has 0 aromatic heterocycles. The molecule has 0 radical (unpaired) electrons. The van der Waals surface area contributed by atoms with E-state index in [9.17, 15) is 14.0 Å². The fourth-order valence-corrected chi connectivity index (χ4v) is 1.81. The maximum Gasteiger partial charge on any atom is 0.255 e. The predicted molar refractivity (Wildman–Crippen MR) is 80.9 cm³/mol. The van der Waals surface area contributed by atoms with E-state index in [1.54, 1.807) is 42.5 Å². The summed E-state index contributed by atoms with van der Waals surface area (Å²) in [6.07, 6.45) is 2.65. The quantitative estimate of drug-likeness (QED) is 0.658. The Morgan fingerprint density at radius 2 is 1.77 bits per heavy atom. The van der Waals surface area contributed by atoms with Crippen LogP contribution in [0.2, 0.25) is 0 Å². The van der Waals surface area contributed by atoms with E-state index >= 15 is 0 Å². The minimum atomic E-state index is -0.635. The van der Waals surface area contributed by atoms with Gasteiger partial charge in [-0.15, -0.1) is 0 Å². The maximum atomic E-state index is 13.5. The lowest BCUT2D eigenvalue weighted by Gasteiger charge is -2.07. The fourth-order valence-electron chi connectivity index (χ4n) is 1.81. The number of allylic oxidation sites excluding steroid dienone is 1. The average Bonchev–Trinajstić information content (AvgIpc) is 2.52. The van der Waals surface area contributed by atoms with Crippen molar-refractivity contribution < 1.29 is 18.7 Å². The van der Waals surface area contributed by atoms with E-state index in [4.69, 9.17) is 10.5 Å². The Morgan fingerprint density at radius 3 is 2.50 bits per heavy atom. The molecule has 0 saturated heterocycles. The molecule has 0 spiro atoms. The van der Waals surface area contributed by atoms with Crippen molar-refractivity contribution in [2.45, 2.75) is 0 Å². The topological polar surface area (TPSA) is 69.4 Å². The van der Waals surface area contributed by atoms with Gasteiger partial charge in [0.2, 0.25) is 0 Å². The molecule has 0 aliphatic heterocycles. The van der Waals surface area contributed by atoms with Crippen molar-refractivity contribution in [1.82, 2.24) is 0 Å². The molecule has 0 atom stereocenters. The molecule has 112 valence electrons. The van der Waals surface area contributed by atoms with Crippen molar-refractivity contribution >= 4 is 17.8 Å². The highest BCUT2D eigenvalue weighted by molar-refractivity contribution is 6.08. The summed E-state index contributed by atoms with van der Waals surface area (Å²) in [6, 6.07) is 12.6. The van der Waals surface area contributed by atoms with Crippen LogP contribution < -0.4 is 10.5 Å². The van der Waals surface area contributed by atoms with Crippen LogP contribution in [0.15, 0.2) is 54.6 Å². The van der Waals surface area contributed by atoms with Crippen molar-refractivity contribution in [1.29, 1.82) is 0 Å². The lowest BCUT2D eigenvalue weighted by molar-refractivity contribution is -0.119. The van der Waals surface area contributed by atoms with E-state index in [2.05, 4.69) is 0 Å². The Morgan fingerprint density at radius 1 is 1.09 bits per heavy atom. The number of carbonyl (C=O) groups excluding carboxylic acids is 2. The van der Waals surface area contributed by atoms with Gasteiger partial charge in [0.1, 0.15) is 11.6 Å². The highest BCUT2D eigenvalue weighted by Crippen LogP contribution is 2.19.